The van der Waals surface area contributed by atoms with E-state index in [4.69, 9.17) is 0 Å². The molecule has 0 bridgehead atoms. The van der Waals surface area contributed by atoms with Crippen LogP contribution in [0.3, 0.4) is 0 Å². The largest absolute Gasteiger partial charge is 0.369 e. The van der Waals surface area contributed by atoms with Crippen LogP contribution in [0.4, 0.5) is 11.6 Å². The third-order valence-corrected chi connectivity index (χ3v) is 3.88. The summed E-state index contributed by atoms with van der Waals surface area (Å²) in [5.41, 5.74) is 0.508. The van der Waals surface area contributed by atoms with Gasteiger partial charge in [-0.05, 0) is 37.5 Å². The minimum atomic E-state index is 0.508. The van der Waals surface area contributed by atoms with Crippen LogP contribution in [-0.4, -0.2) is 22.6 Å². The van der Waals surface area contributed by atoms with Gasteiger partial charge in [0.05, 0.1) is 12.4 Å². The summed E-state index contributed by atoms with van der Waals surface area (Å²) in [7, 11) is 0. The van der Waals surface area contributed by atoms with Gasteiger partial charge in [-0.3, -0.25) is 4.98 Å². The van der Waals surface area contributed by atoms with Gasteiger partial charge >= 0.3 is 0 Å². The molecule has 0 aromatic carbocycles. The molecule has 0 radical (unpaired) electrons. The minimum absolute atomic E-state index is 0.508. The first-order valence-corrected chi connectivity index (χ1v) is 7.41. The maximum Gasteiger partial charge on any atom is 0.147 e. The average molecular weight is 262 g/mol. The summed E-state index contributed by atoms with van der Waals surface area (Å²) in [6, 6.07) is 0.545. The summed E-state index contributed by atoms with van der Waals surface area (Å²) in [6.45, 7) is 7.80. The summed E-state index contributed by atoms with van der Waals surface area (Å²) >= 11 is 0. The first-order valence-electron chi connectivity index (χ1n) is 7.41. The predicted octanol–water partition coefficient (Wildman–Crippen LogP) is 3.68. The highest BCUT2D eigenvalue weighted by Gasteiger charge is 2.26. The fraction of sp³-hybridized carbons (Fsp3) is 0.733. The lowest BCUT2D eigenvalue weighted by atomic mass is 9.75. The quantitative estimate of drug-likeness (QED) is 0.850. The van der Waals surface area contributed by atoms with E-state index in [1.807, 2.05) is 6.20 Å². The Bertz CT molecular complexity index is 393. The molecule has 1 aliphatic carbocycles. The number of rotatable bonds is 5. The van der Waals surface area contributed by atoms with Gasteiger partial charge < -0.3 is 10.6 Å². The van der Waals surface area contributed by atoms with Crippen molar-refractivity contribution in [3.8, 4) is 0 Å². The molecule has 4 heteroatoms. The molecule has 2 rings (SSSR count). The zero-order valence-electron chi connectivity index (χ0n) is 12.4. The van der Waals surface area contributed by atoms with Crippen LogP contribution in [0, 0.1) is 5.41 Å². The molecule has 106 valence electrons. The van der Waals surface area contributed by atoms with Crippen LogP contribution in [-0.2, 0) is 0 Å². The summed E-state index contributed by atoms with van der Waals surface area (Å²) in [5, 5.41) is 6.79. The van der Waals surface area contributed by atoms with E-state index in [2.05, 4.69) is 41.4 Å². The smallest absolute Gasteiger partial charge is 0.147 e. The Morgan fingerprint density at radius 3 is 2.58 bits per heavy atom. The number of hydrogen-bond donors (Lipinski definition) is 2. The van der Waals surface area contributed by atoms with Gasteiger partial charge in [-0.25, -0.2) is 4.98 Å². The van der Waals surface area contributed by atoms with Crippen LogP contribution >= 0.6 is 0 Å². The third kappa shape index (κ3) is 4.37. The van der Waals surface area contributed by atoms with Crippen LogP contribution in [0.15, 0.2) is 12.4 Å². The SMILES string of the molecule is CCCNc1cncc(NC2CCC(C)(C)CC2)n1. The van der Waals surface area contributed by atoms with Crippen molar-refractivity contribution in [3.63, 3.8) is 0 Å². The zero-order chi connectivity index (χ0) is 13.7. The fourth-order valence-electron chi connectivity index (χ4n) is 2.53. The summed E-state index contributed by atoms with van der Waals surface area (Å²) in [6.07, 6.45) is 9.71. The standard InChI is InChI=1S/C15H26N4/c1-4-9-17-13-10-16-11-14(19-13)18-12-5-7-15(2,3)8-6-12/h10-12H,4-9H2,1-3H3,(H2,17,18,19). The summed E-state index contributed by atoms with van der Waals surface area (Å²) in [4.78, 5) is 8.80. The Morgan fingerprint density at radius 1 is 1.21 bits per heavy atom. The van der Waals surface area contributed by atoms with E-state index < -0.39 is 0 Å². The van der Waals surface area contributed by atoms with Gasteiger partial charge in [-0.2, -0.15) is 0 Å². The number of aromatic nitrogens is 2. The molecule has 19 heavy (non-hydrogen) atoms. The topological polar surface area (TPSA) is 49.8 Å². The number of hydrogen-bond acceptors (Lipinski definition) is 4. The number of nitrogens with zero attached hydrogens (tertiary/aromatic N) is 2. The Labute approximate surface area is 116 Å². The van der Waals surface area contributed by atoms with Crippen molar-refractivity contribution in [2.45, 2.75) is 58.9 Å². The lowest BCUT2D eigenvalue weighted by Gasteiger charge is -2.34. The van der Waals surface area contributed by atoms with E-state index >= 15 is 0 Å². The second-order valence-corrected chi connectivity index (χ2v) is 6.30. The molecule has 0 amide bonds. The molecule has 1 aliphatic rings. The van der Waals surface area contributed by atoms with E-state index in [1.165, 1.54) is 25.7 Å². The summed E-state index contributed by atoms with van der Waals surface area (Å²) < 4.78 is 0. The lowest BCUT2D eigenvalue weighted by Crippen LogP contribution is -2.30. The van der Waals surface area contributed by atoms with Gasteiger partial charge in [0, 0.05) is 12.6 Å². The second kappa shape index (κ2) is 6.22. The highest BCUT2D eigenvalue weighted by atomic mass is 15.1. The molecule has 1 aromatic heterocycles. The maximum absolute atomic E-state index is 4.56. The van der Waals surface area contributed by atoms with E-state index in [-0.39, 0.29) is 0 Å². The van der Waals surface area contributed by atoms with Crippen LogP contribution in [0.5, 0.6) is 0 Å². The first kappa shape index (κ1) is 14.1. The van der Waals surface area contributed by atoms with Crippen molar-refractivity contribution in [2.24, 2.45) is 5.41 Å². The van der Waals surface area contributed by atoms with Crippen molar-refractivity contribution in [3.05, 3.63) is 12.4 Å². The van der Waals surface area contributed by atoms with Crippen molar-refractivity contribution >= 4 is 11.6 Å². The van der Waals surface area contributed by atoms with E-state index in [1.54, 1.807) is 6.20 Å². The zero-order valence-corrected chi connectivity index (χ0v) is 12.4. The Kier molecular flexibility index (Phi) is 4.61. The van der Waals surface area contributed by atoms with E-state index in [0.717, 1.165) is 24.6 Å². The molecule has 0 aliphatic heterocycles. The molecule has 1 aromatic rings. The number of anilines is 2. The molecule has 1 heterocycles. The highest BCUT2D eigenvalue weighted by molar-refractivity contribution is 5.42. The van der Waals surface area contributed by atoms with E-state index in [0.29, 0.717) is 11.5 Å². The van der Waals surface area contributed by atoms with Crippen LogP contribution in [0.1, 0.15) is 52.9 Å². The van der Waals surface area contributed by atoms with Gasteiger partial charge in [0.1, 0.15) is 11.6 Å². The minimum Gasteiger partial charge on any atom is -0.369 e. The molecule has 0 spiro atoms. The van der Waals surface area contributed by atoms with Gasteiger partial charge in [-0.1, -0.05) is 20.8 Å². The molecule has 0 atom stereocenters. The molecule has 1 fully saturated rings. The van der Waals surface area contributed by atoms with Crippen LogP contribution in [0.25, 0.3) is 0 Å². The predicted molar refractivity (Wildman–Crippen MR) is 80.5 cm³/mol. The average Bonchev–Trinajstić information content (AvgIpc) is 2.39. The van der Waals surface area contributed by atoms with Gasteiger partial charge in [0.15, 0.2) is 0 Å². The highest BCUT2D eigenvalue weighted by Crippen LogP contribution is 2.35. The van der Waals surface area contributed by atoms with Gasteiger partial charge in [0.2, 0.25) is 0 Å². The number of nitrogens with one attached hydrogen (secondary N) is 2. The first-order chi connectivity index (χ1) is 9.09. The van der Waals surface area contributed by atoms with Gasteiger partial charge in [-0.15, -0.1) is 0 Å². The van der Waals surface area contributed by atoms with Crippen molar-refractivity contribution in [1.29, 1.82) is 0 Å². The fourth-order valence-corrected chi connectivity index (χ4v) is 2.53. The van der Waals surface area contributed by atoms with E-state index in [9.17, 15) is 0 Å². The second-order valence-electron chi connectivity index (χ2n) is 6.30. The van der Waals surface area contributed by atoms with Crippen LogP contribution < -0.4 is 10.6 Å². The normalized spacial score (nSPS) is 19.1. The summed E-state index contributed by atoms with van der Waals surface area (Å²) in [5.74, 6) is 1.76. The molecule has 0 saturated heterocycles. The molecule has 0 unspecified atom stereocenters. The van der Waals surface area contributed by atoms with Crippen LogP contribution in [0.2, 0.25) is 0 Å². The Balaban J connectivity index is 1.89. The Morgan fingerprint density at radius 2 is 1.89 bits per heavy atom. The van der Waals surface area contributed by atoms with Crippen molar-refractivity contribution in [2.75, 3.05) is 17.2 Å². The molecular formula is C15H26N4. The monoisotopic (exact) mass is 262 g/mol. The molecule has 2 N–H and O–H groups in total. The lowest BCUT2D eigenvalue weighted by molar-refractivity contribution is 0.232. The molecule has 4 nitrogen and oxygen atoms in total. The van der Waals surface area contributed by atoms with Crippen molar-refractivity contribution in [1.82, 2.24) is 9.97 Å². The Hall–Kier alpha value is -1.32. The third-order valence-electron chi connectivity index (χ3n) is 3.88. The van der Waals surface area contributed by atoms with Gasteiger partial charge in [0.25, 0.3) is 0 Å². The maximum atomic E-state index is 4.56. The molecule has 1 saturated carbocycles. The van der Waals surface area contributed by atoms with Crippen molar-refractivity contribution < 1.29 is 0 Å². The molecular weight excluding hydrogens is 236 g/mol.